The van der Waals surface area contributed by atoms with Gasteiger partial charge in [0.2, 0.25) is 5.91 Å². The fourth-order valence-corrected chi connectivity index (χ4v) is 1.59. The van der Waals surface area contributed by atoms with Crippen LogP contribution in [0.2, 0.25) is 0 Å². The molecule has 1 aromatic heterocycles. The molecule has 0 radical (unpaired) electrons. The lowest BCUT2D eigenvalue weighted by molar-refractivity contribution is -0.126. The van der Waals surface area contributed by atoms with Gasteiger partial charge in [-0.1, -0.05) is 0 Å². The summed E-state index contributed by atoms with van der Waals surface area (Å²) in [7, 11) is 0. The van der Waals surface area contributed by atoms with Crippen molar-refractivity contribution in [2.24, 2.45) is 11.8 Å². The molecule has 1 unspecified atom stereocenters. The Morgan fingerprint density at radius 2 is 2.62 bits per heavy atom. The summed E-state index contributed by atoms with van der Waals surface area (Å²) in [6.07, 6.45) is 3.23. The van der Waals surface area contributed by atoms with Crippen molar-refractivity contribution in [3.8, 4) is 0 Å². The Bertz CT molecular complexity index is 320. The maximum absolute atomic E-state index is 11.2. The Labute approximate surface area is 75.1 Å². The monoisotopic (exact) mass is 181 g/mol. The second-order valence-electron chi connectivity index (χ2n) is 3.14. The summed E-state index contributed by atoms with van der Waals surface area (Å²) in [5.41, 5.74) is 2.16. The Kier molecular flexibility index (Phi) is 1.97. The van der Waals surface area contributed by atoms with Gasteiger partial charge >= 0.3 is 0 Å². The van der Waals surface area contributed by atoms with Crippen molar-refractivity contribution in [2.75, 3.05) is 0 Å². The molecule has 2 heterocycles. The zero-order valence-corrected chi connectivity index (χ0v) is 7.10. The van der Waals surface area contributed by atoms with Crippen LogP contribution in [0.4, 0.5) is 0 Å². The first kappa shape index (κ1) is 8.18. The Morgan fingerprint density at radius 1 is 1.77 bits per heavy atom. The van der Waals surface area contributed by atoms with Crippen LogP contribution in [0.25, 0.3) is 0 Å². The molecular weight excluding hydrogens is 170 g/mol. The number of hydrogen-bond acceptors (Lipinski definition) is 4. The highest BCUT2D eigenvalue weighted by Gasteiger charge is 2.24. The highest BCUT2D eigenvalue weighted by molar-refractivity contribution is 5.78. The molecule has 2 rings (SSSR count). The summed E-state index contributed by atoms with van der Waals surface area (Å²) in [4.78, 5) is 11.2. The topological polar surface area (TPSA) is 85.8 Å². The normalized spacial score (nSPS) is 20.8. The first-order valence-electron chi connectivity index (χ1n) is 4.18. The smallest absolute Gasteiger partial charge is 0.238 e. The number of carbonyl (C=O) groups is 1. The quantitative estimate of drug-likeness (QED) is 0.325. The number of amides is 1. The Hall–Kier alpha value is -1.43. The number of nitrogens with one attached hydrogen (secondary N) is 1. The van der Waals surface area contributed by atoms with Gasteiger partial charge in [-0.15, -0.1) is 10.2 Å². The van der Waals surface area contributed by atoms with E-state index in [4.69, 9.17) is 5.84 Å². The Balaban J connectivity index is 2.13. The maximum atomic E-state index is 11.2. The molecule has 0 bridgehead atoms. The molecule has 0 spiro atoms. The number of aryl methyl sites for hydroxylation is 1. The van der Waals surface area contributed by atoms with E-state index < -0.39 is 0 Å². The van der Waals surface area contributed by atoms with Crippen molar-refractivity contribution in [3.63, 3.8) is 0 Å². The molecule has 0 saturated heterocycles. The first-order chi connectivity index (χ1) is 6.31. The molecule has 1 amide bonds. The van der Waals surface area contributed by atoms with E-state index in [0.717, 1.165) is 18.7 Å². The molecule has 6 heteroatoms. The number of rotatable bonds is 1. The average Bonchev–Trinajstić information content (AvgIpc) is 2.63. The number of hydrazine groups is 1. The van der Waals surface area contributed by atoms with Gasteiger partial charge in [0.15, 0.2) is 0 Å². The molecule has 3 N–H and O–H groups in total. The zero-order chi connectivity index (χ0) is 9.26. The van der Waals surface area contributed by atoms with Crippen molar-refractivity contribution in [3.05, 3.63) is 12.2 Å². The average molecular weight is 181 g/mol. The molecule has 13 heavy (non-hydrogen) atoms. The summed E-state index contributed by atoms with van der Waals surface area (Å²) >= 11 is 0. The van der Waals surface area contributed by atoms with Crippen LogP contribution in [0.1, 0.15) is 12.2 Å². The van der Waals surface area contributed by atoms with E-state index in [2.05, 4.69) is 15.6 Å². The fraction of sp³-hybridized carbons (Fsp3) is 0.571. The number of nitrogens with two attached hydrogens (primary N) is 1. The van der Waals surface area contributed by atoms with Gasteiger partial charge in [-0.3, -0.25) is 10.2 Å². The van der Waals surface area contributed by atoms with Gasteiger partial charge < -0.3 is 4.57 Å². The van der Waals surface area contributed by atoms with E-state index in [-0.39, 0.29) is 11.8 Å². The van der Waals surface area contributed by atoms with E-state index in [1.165, 1.54) is 0 Å². The predicted octanol–water partition coefficient (Wildman–Crippen LogP) is -1.17. The molecule has 1 aromatic rings. The highest BCUT2D eigenvalue weighted by Crippen LogP contribution is 2.17. The van der Waals surface area contributed by atoms with Crippen LogP contribution < -0.4 is 11.3 Å². The third-order valence-electron chi connectivity index (χ3n) is 2.34. The SMILES string of the molecule is NNC(=O)C1CCc2nncn2C1. The van der Waals surface area contributed by atoms with Crippen LogP contribution in [-0.4, -0.2) is 20.7 Å². The van der Waals surface area contributed by atoms with E-state index >= 15 is 0 Å². The van der Waals surface area contributed by atoms with Gasteiger partial charge in [-0.2, -0.15) is 0 Å². The standard InChI is InChI=1S/C7H11N5O/c8-10-7(13)5-1-2-6-11-9-4-12(6)3-5/h4-5H,1-3,8H2,(H,10,13). The van der Waals surface area contributed by atoms with Crippen LogP contribution in [-0.2, 0) is 17.8 Å². The van der Waals surface area contributed by atoms with Crippen molar-refractivity contribution < 1.29 is 4.79 Å². The van der Waals surface area contributed by atoms with Crippen LogP contribution in [0.3, 0.4) is 0 Å². The number of aromatic nitrogens is 3. The van der Waals surface area contributed by atoms with Crippen LogP contribution in [0.15, 0.2) is 6.33 Å². The number of fused-ring (bicyclic) bond motifs is 1. The Morgan fingerprint density at radius 3 is 3.38 bits per heavy atom. The molecule has 1 atom stereocenters. The van der Waals surface area contributed by atoms with Gasteiger partial charge in [0.05, 0.1) is 5.92 Å². The largest absolute Gasteiger partial charge is 0.317 e. The molecule has 0 aliphatic carbocycles. The third-order valence-corrected chi connectivity index (χ3v) is 2.34. The molecular formula is C7H11N5O. The molecule has 0 fully saturated rings. The summed E-state index contributed by atoms with van der Waals surface area (Å²) in [5.74, 6) is 5.84. The summed E-state index contributed by atoms with van der Waals surface area (Å²) in [6, 6.07) is 0. The summed E-state index contributed by atoms with van der Waals surface area (Å²) in [5, 5.41) is 7.70. The minimum atomic E-state index is -0.112. The van der Waals surface area contributed by atoms with E-state index in [1.807, 2.05) is 4.57 Å². The lowest BCUT2D eigenvalue weighted by Gasteiger charge is -2.20. The van der Waals surface area contributed by atoms with Crippen molar-refractivity contribution in [2.45, 2.75) is 19.4 Å². The second kappa shape index (κ2) is 3.14. The van der Waals surface area contributed by atoms with Gasteiger partial charge in [0.25, 0.3) is 0 Å². The van der Waals surface area contributed by atoms with Crippen molar-refractivity contribution >= 4 is 5.91 Å². The van der Waals surface area contributed by atoms with Gasteiger partial charge in [-0.05, 0) is 6.42 Å². The van der Waals surface area contributed by atoms with E-state index in [9.17, 15) is 4.79 Å². The van der Waals surface area contributed by atoms with Crippen molar-refractivity contribution in [1.82, 2.24) is 20.2 Å². The molecule has 1 aliphatic rings. The summed E-state index contributed by atoms with van der Waals surface area (Å²) < 4.78 is 1.89. The number of nitrogens with zero attached hydrogens (tertiary/aromatic N) is 3. The third kappa shape index (κ3) is 1.40. The minimum absolute atomic E-state index is 0.0477. The van der Waals surface area contributed by atoms with E-state index in [0.29, 0.717) is 6.54 Å². The van der Waals surface area contributed by atoms with Crippen LogP contribution >= 0.6 is 0 Å². The lowest BCUT2D eigenvalue weighted by Crippen LogP contribution is -2.39. The van der Waals surface area contributed by atoms with Gasteiger partial charge in [-0.25, -0.2) is 5.84 Å². The molecule has 6 nitrogen and oxygen atoms in total. The fourth-order valence-electron chi connectivity index (χ4n) is 1.59. The molecule has 0 saturated carbocycles. The van der Waals surface area contributed by atoms with Crippen LogP contribution in [0.5, 0.6) is 0 Å². The number of carbonyl (C=O) groups excluding carboxylic acids is 1. The van der Waals surface area contributed by atoms with E-state index in [1.54, 1.807) is 6.33 Å². The molecule has 1 aliphatic heterocycles. The van der Waals surface area contributed by atoms with Gasteiger partial charge in [0.1, 0.15) is 12.2 Å². The molecule has 70 valence electrons. The molecule has 0 aromatic carbocycles. The minimum Gasteiger partial charge on any atom is -0.317 e. The second-order valence-corrected chi connectivity index (χ2v) is 3.14. The predicted molar refractivity (Wildman–Crippen MR) is 44.2 cm³/mol. The first-order valence-corrected chi connectivity index (χ1v) is 4.18. The van der Waals surface area contributed by atoms with Crippen molar-refractivity contribution in [1.29, 1.82) is 0 Å². The number of hydrogen-bond donors (Lipinski definition) is 2. The van der Waals surface area contributed by atoms with Crippen LogP contribution in [0, 0.1) is 5.92 Å². The zero-order valence-electron chi connectivity index (χ0n) is 7.10. The van der Waals surface area contributed by atoms with Gasteiger partial charge in [0, 0.05) is 13.0 Å². The lowest BCUT2D eigenvalue weighted by atomic mass is 9.99. The summed E-state index contributed by atoms with van der Waals surface area (Å²) in [6.45, 7) is 0.630. The maximum Gasteiger partial charge on any atom is 0.238 e. The highest BCUT2D eigenvalue weighted by atomic mass is 16.2.